The van der Waals surface area contributed by atoms with Gasteiger partial charge < -0.3 is 10.6 Å². The van der Waals surface area contributed by atoms with Crippen LogP contribution in [0.2, 0.25) is 0 Å². The molecular weight excluding hydrogens is 332 g/mol. The summed E-state index contributed by atoms with van der Waals surface area (Å²) < 4.78 is 1.08. The topological polar surface area (TPSA) is 29.3 Å². The first kappa shape index (κ1) is 15.5. The molecule has 108 valence electrons. The van der Waals surface area contributed by atoms with E-state index in [1.807, 2.05) is 18.3 Å². The number of benzene rings is 1. The summed E-state index contributed by atoms with van der Waals surface area (Å²) in [6.07, 6.45) is 1.07. The van der Waals surface area contributed by atoms with Gasteiger partial charge in [0.1, 0.15) is 0 Å². The Labute approximate surface area is 133 Å². The van der Waals surface area contributed by atoms with E-state index >= 15 is 0 Å². The molecule has 0 bridgehead atoms. The molecule has 0 fully saturated rings. The minimum absolute atomic E-state index is 0.0484. The van der Waals surface area contributed by atoms with Gasteiger partial charge in [0.2, 0.25) is 0 Å². The molecule has 0 saturated heterocycles. The van der Waals surface area contributed by atoms with Crippen molar-refractivity contribution < 1.29 is 0 Å². The zero-order valence-corrected chi connectivity index (χ0v) is 14.5. The van der Waals surface area contributed by atoms with E-state index in [0.717, 1.165) is 16.5 Å². The fourth-order valence-electron chi connectivity index (χ4n) is 2.22. The van der Waals surface area contributed by atoms with Gasteiger partial charge in [-0.05, 0) is 43.0 Å². The lowest BCUT2D eigenvalue weighted by molar-refractivity contribution is 0.687. The minimum Gasteiger partial charge on any atom is -0.371 e. The second-order valence-corrected chi connectivity index (χ2v) is 7.12. The van der Waals surface area contributed by atoms with Crippen LogP contribution in [0, 0.1) is 0 Å². The maximum absolute atomic E-state index is 5.95. The molecule has 0 aliphatic rings. The van der Waals surface area contributed by atoms with Gasteiger partial charge in [-0.25, -0.2) is 0 Å². The molecule has 4 heteroatoms. The van der Waals surface area contributed by atoms with E-state index in [-0.39, 0.29) is 6.04 Å². The van der Waals surface area contributed by atoms with Gasteiger partial charge in [-0.2, -0.15) is 0 Å². The van der Waals surface area contributed by atoms with Crippen molar-refractivity contribution in [3.8, 4) is 0 Å². The summed E-state index contributed by atoms with van der Waals surface area (Å²) in [5, 5.41) is 2.13. The van der Waals surface area contributed by atoms with E-state index in [1.54, 1.807) is 0 Å². The SMILES string of the molecule is CC(Cc1cccs1)N(C)c1ccc([C@H](C)N)c(Br)c1. The molecule has 0 aliphatic carbocycles. The number of nitrogens with zero attached hydrogens (tertiary/aromatic N) is 1. The first-order valence-electron chi connectivity index (χ1n) is 6.79. The van der Waals surface area contributed by atoms with Gasteiger partial charge in [-0.1, -0.05) is 28.1 Å². The summed E-state index contributed by atoms with van der Waals surface area (Å²) in [5.41, 5.74) is 8.31. The van der Waals surface area contributed by atoms with E-state index in [4.69, 9.17) is 5.73 Å². The molecule has 0 aliphatic heterocycles. The van der Waals surface area contributed by atoms with E-state index in [0.29, 0.717) is 6.04 Å². The standard InChI is InChI=1S/C16H21BrN2S/c1-11(9-14-5-4-8-20-14)19(3)13-6-7-15(12(2)18)16(17)10-13/h4-8,10-12H,9,18H2,1-3H3/t11?,12-/m0/s1. The van der Waals surface area contributed by atoms with Crippen LogP contribution in [-0.4, -0.2) is 13.1 Å². The van der Waals surface area contributed by atoms with Crippen LogP contribution in [0.5, 0.6) is 0 Å². The lowest BCUT2D eigenvalue weighted by Gasteiger charge is -2.27. The predicted molar refractivity (Wildman–Crippen MR) is 92.6 cm³/mol. The highest BCUT2D eigenvalue weighted by Crippen LogP contribution is 2.28. The Kier molecular flexibility index (Phi) is 5.24. The summed E-state index contributed by atoms with van der Waals surface area (Å²) in [6.45, 7) is 4.26. The van der Waals surface area contributed by atoms with Crippen molar-refractivity contribution in [2.24, 2.45) is 5.73 Å². The van der Waals surface area contributed by atoms with Crippen LogP contribution < -0.4 is 10.6 Å². The van der Waals surface area contributed by atoms with E-state index < -0.39 is 0 Å². The quantitative estimate of drug-likeness (QED) is 0.851. The Balaban J connectivity index is 2.12. The van der Waals surface area contributed by atoms with Gasteiger partial charge >= 0.3 is 0 Å². The highest BCUT2D eigenvalue weighted by molar-refractivity contribution is 9.10. The average molecular weight is 353 g/mol. The third-order valence-electron chi connectivity index (χ3n) is 3.62. The van der Waals surface area contributed by atoms with Gasteiger partial charge in [0.15, 0.2) is 0 Å². The Morgan fingerprint density at radius 3 is 2.60 bits per heavy atom. The minimum atomic E-state index is 0.0484. The van der Waals surface area contributed by atoms with Crippen molar-refractivity contribution in [2.75, 3.05) is 11.9 Å². The smallest absolute Gasteiger partial charge is 0.0377 e. The van der Waals surface area contributed by atoms with Crippen molar-refractivity contribution in [3.63, 3.8) is 0 Å². The van der Waals surface area contributed by atoms with Gasteiger partial charge in [0, 0.05) is 40.6 Å². The molecule has 2 rings (SSSR count). The largest absolute Gasteiger partial charge is 0.371 e. The summed E-state index contributed by atoms with van der Waals surface area (Å²) >= 11 is 5.44. The van der Waals surface area contributed by atoms with E-state index in [9.17, 15) is 0 Å². The van der Waals surface area contributed by atoms with Crippen LogP contribution in [-0.2, 0) is 6.42 Å². The Hall–Kier alpha value is -0.840. The van der Waals surface area contributed by atoms with Crippen molar-refractivity contribution in [1.82, 2.24) is 0 Å². The van der Waals surface area contributed by atoms with Crippen LogP contribution in [0.4, 0.5) is 5.69 Å². The van der Waals surface area contributed by atoms with E-state index in [1.165, 1.54) is 10.6 Å². The second-order valence-electron chi connectivity index (χ2n) is 5.24. The van der Waals surface area contributed by atoms with Crippen molar-refractivity contribution in [3.05, 3.63) is 50.6 Å². The highest BCUT2D eigenvalue weighted by atomic mass is 79.9. The van der Waals surface area contributed by atoms with Gasteiger partial charge in [0.25, 0.3) is 0 Å². The molecule has 2 aromatic rings. The Bertz CT molecular complexity index is 552. The van der Waals surface area contributed by atoms with Gasteiger partial charge in [-0.15, -0.1) is 11.3 Å². The molecule has 0 amide bonds. The summed E-state index contributed by atoms with van der Waals surface area (Å²) in [7, 11) is 2.14. The fourth-order valence-corrected chi connectivity index (χ4v) is 3.77. The number of hydrogen-bond acceptors (Lipinski definition) is 3. The molecule has 2 nitrogen and oxygen atoms in total. The van der Waals surface area contributed by atoms with Gasteiger partial charge in [0.05, 0.1) is 0 Å². The van der Waals surface area contributed by atoms with Crippen LogP contribution in [0.1, 0.15) is 30.3 Å². The van der Waals surface area contributed by atoms with Gasteiger partial charge in [-0.3, -0.25) is 0 Å². The number of anilines is 1. The van der Waals surface area contributed by atoms with Crippen molar-refractivity contribution in [2.45, 2.75) is 32.4 Å². The van der Waals surface area contributed by atoms with Crippen LogP contribution >= 0.6 is 27.3 Å². The zero-order chi connectivity index (χ0) is 14.7. The number of nitrogens with two attached hydrogens (primary N) is 1. The van der Waals surface area contributed by atoms with Crippen molar-refractivity contribution in [1.29, 1.82) is 0 Å². The third-order valence-corrected chi connectivity index (χ3v) is 5.21. The number of thiophene rings is 1. The Morgan fingerprint density at radius 1 is 1.30 bits per heavy atom. The molecular formula is C16H21BrN2S. The van der Waals surface area contributed by atoms with Crippen LogP contribution in [0.15, 0.2) is 40.2 Å². The fraction of sp³-hybridized carbons (Fsp3) is 0.375. The highest BCUT2D eigenvalue weighted by Gasteiger charge is 2.13. The Morgan fingerprint density at radius 2 is 2.05 bits per heavy atom. The summed E-state index contributed by atoms with van der Waals surface area (Å²) in [6, 6.07) is 11.2. The lowest BCUT2D eigenvalue weighted by atomic mass is 10.1. The molecule has 1 aromatic carbocycles. The first-order chi connectivity index (χ1) is 9.49. The molecule has 1 heterocycles. The molecule has 1 unspecified atom stereocenters. The normalized spacial score (nSPS) is 14.1. The van der Waals surface area contributed by atoms with Crippen LogP contribution in [0.3, 0.4) is 0 Å². The summed E-state index contributed by atoms with van der Waals surface area (Å²) in [5.74, 6) is 0. The maximum Gasteiger partial charge on any atom is 0.0377 e. The molecule has 0 saturated carbocycles. The molecule has 20 heavy (non-hydrogen) atoms. The van der Waals surface area contributed by atoms with Crippen molar-refractivity contribution >= 4 is 33.0 Å². The molecule has 1 aromatic heterocycles. The number of halogens is 1. The molecule has 0 spiro atoms. The third kappa shape index (κ3) is 3.62. The molecule has 2 N–H and O–H groups in total. The second kappa shape index (κ2) is 6.74. The monoisotopic (exact) mass is 352 g/mol. The predicted octanol–water partition coefficient (Wildman–Crippen LogP) is 4.60. The average Bonchev–Trinajstić information content (AvgIpc) is 2.90. The number of rotatable bonds is 5. The van der Waals surface area contributed by atoms with Crippen LogP contribution in [0.25, 0.3) is 0 Å². The molecule has 2 atom stereocenters. The lowest BCUT2D eigenvalue weighted by Crippen LogP contribution is -2.30. The zero-order valence-electron chi connectivity index (χ0n) is 12.1. The molecule has 0 radical (unpaired) electrons. The van der Waals surface area contributed by atoms with E-state index in [2.05, 4.69) is 70.5 Å². The number of likely N-dealkylation sites (N-methyl/N-ethyl adjacent to an activating group) is 1. The summed E-state index contributed by atoms with van der Waals surface area (Å²) in [4.78, 5) is 3.74. The first-order valence-corrected chi connectivity index (χ1v) is 8.46. The maximum atomic E-state index is 5.95. The number of hydrogen-bond donors (Lipinski definition) is 1.